The highest BCUT2D eigenvalue weighted by Gasteiger charge is 2.27. The fourth-order valence-corrected chi connectivity index (χ4v) is 2.34. The molecule has 0 atom stereocenters. The molecule has 0 aliphatic rings. The Bertz CT molecular complexity index is 925. The van der Waals surface area contributed by atoms with Gasteiger partial charge >= 0.3 is 12.1 Å². The maximum Gasteiger partial charge on any atom is 0.411 e. The van der Waals surface area contributed by atoms with E-state index in [0.717, 1.165) is 0 Å². The monoisotopic (exact) mass is 426 g/mol. The lowest BCUT2D eigenvalue weighted by Crippen LogP contribution is -2.21. The van der Waals surface area contributed by atoms with Gasteiger partial charge in [0.05, 0.1) is 22.8 Å². The second-order valence-electron chi connectivity index (χ2n) is 5.74. The Balaban J connectivity index is 1.81. The van der Waals surface area contributed by atoms with Crippen molar-refractivity contribution in [1.82, 2.24) is 0 Å². The lowest BCUT2D eigenvalue weighted by atomic mass is 10.1. The second-order valence-corrected chi connectivity index (χ2v) is 6.14. The molecule has 0 spiro atoms. The zero-order valence-electron chi connectivity index (χ0n) is 14.8. The van der Waals surface area contributed by atoms with Crippen LogP contribution in [0.1, 0.15) is 21.5 Å². The Morgan fingerprint density at radius 3 is 2.41 bits per heavy atom. The molecule has 0 aromatic heterocycles. The molecule has 0 aliphatic heterocycles. The molecule has 0 radical (unpaired) electrons. The molecule has 1 N–H and O–H groups in total. The molecule has 2 aromatic carbocycles. The number of esters is 1. The third-order valence-electron chi connectivity index (χ3n) is 3.43. The number of benzene rings is 2. The molecule has 2 aromatic rings. The predicted octanol–water partition coefficient (Wildman–Crippen LogP) is 4.09. The Labute approximate surface area is 168 Å². The number of nitrogens with one attached hydrogen (secondary N) is 1. The fourth-order valence-electron chi connectivity index (χ4n) is 2.12. The molecule has 0 heterocycles. The van der Waals surface area contributed by atoms with E-state index in [9.17, 15) is 22.8 Å². The molecular formula is C19H14ClF3N2O4. The molecule has 2 rings (SSSR count). The molecule has 152 valence electrons. The highest BCUT2D eigenvalue weighted by Crippen LogP contribution is 2.20. The van der Waals surface area contributed by atoms with Gasteiger partial charge < -0.3 is 14.8 Å². The Kier molecular flexibility index (Phi) is 7.59. The van der Waals surface area contributed by atoms with Gasteiger partial charge in [-0.25, -0.2) is 4.79 Å². The van der Waals surface area contributed by atoms with Crippen LogP contribution in [0.4, 0.5) is 18.9 Å². The summed E-state index contributed by atoms with van der Waals surface area (Å²) in [6.07, 6.45) is -4.41. The van der Waals surface area contributed by atoms with Crippen LogP contribution in [-0.4, -0.2) is 31.3 Å². The van der Waals surface area contributed by atoms with Crippen molar-refractivity contribution in [2.45, 2.75) is 12.8 Å². The first-order chi connectivity index (χ1) is 13.7. The summed E-state index contributed by atoms with van der Waals surface area (Å²) in [5.74, 6) is -1.39. The Morgan fingerprint density at radius 1 is 1.14 bits per heavy atom. The lowest BCUT2D eigenvalue weighted by Gasteiger charge is -2.09. The topological polar surface area (TPSA) is 88.4 Å². The number of nitrogens with zero attached hydrogens (tertiary/aromatic N) is 1. The minimum Gasteiger partial charge on any atom is -0.452 e. The number of alkyl halides is 3. The van der Waals surface area contributed by atoms with E-state index in [-0.39, 0.29) is 22.8 Å². The van der Waals surface area contributed by atoms with Crippen LogP contribution in [0.2, 0.25) is 5.02 Å². The molecule has 10 heteroatoms. The number of halogens is 4. The number of hydrogen-bond acceptors (Lipinski definition) is 5. The number of nitriles is 1. The highest BCUT2D eigenvalue weighted by atomic mass is 35.5. The van der Waals surface area contributed by atoms with E-state index >= 15 is 0 Å². The van der Waals surface area contributed by atoms with Gasteiger partial charge in [0.15, 0.2) is 6.61 Å². The van der Waals surface area contributed by atoms with Gasteiger partial charge in [0.1, 0.15) is 12.7 Å². The van der Waals surface area contributed by atoms with Gasteiger partial charge in [0, 0.05) is 5.69 Å². The molecule has 29 heavy (non-hydrogen) atoms. The van der Waals surface area contributed by atoms with Crippen molar-refractivity contribution in [2.75, 3.05) is 18.5 Å². The van der Waals surface area contributed by atoms with Gasteiger partial charge in [-0.1, -0.05) is 23.7 Å². The first-order valence-corrected chi connectivity index (χ1v) is 8.46. The lowest BCUT2D eigenvalue weighted by molar-refractivity contribution is -0.176. The summed E-state index contributed by atoms with van der Waals surface area (Å²) in [5.41, 5.74) is 1.15. The van der Waals surface area contributed by atoms with E-state index in [0.29, 0.717) is 11.3 Å². The average Bonchev–Trinajstić information content (AvgIpc) is 2.66. The summed E-state index contributed by atoms with van der Waals surface area (Å²) in [6, 6.07) is 11.7. The van der Waals surface area contributed by atoms with Crippen molar-refractivity contribution in [3.63, 3.8) is 0 Å². The quantitative estimate of drug-likeness (QED) is 0.674. The van der Waals surface area contributed by atoms with E-state index in [1.54, 1.807) is 0 Å². The van der Waals surface area contributed by atoms with Crippen molar-refractivity contribution < 1.29 is 32.2 Å². The van der Waals surface area contributed by atoms with E-state index in [1.165, 1.54) is 42.5 Å². The Hall–Kier alpha value is -3.09. The molecule has 6 nitrogen and oxygen atoms in total. The first kappa shape index (κ1) is 22.2. The van der Waals surface area contributed by atoms with Gasteiger partial charge in [-0.05, 0) is 35.9 Å². The maximum atomic E-state index is 12.0. The minimum atomic E-state index is -4.41. The van der Waals surface area contributed by atoms with E-state index in [1.807, 2.05) is 6.07 Å². The van der Waals surface area contributed by atoms with Gasteiger partial charge in [0.2, 0.25) is 0 Å². The van der Waals surface area contributed by atoms with E-state index < -0.39 is 31.3 Å². The highest BCUT2D eigenvalue weighted by molar-refractivity contribution is 6.32. The summed E-state index contributed by atoms with van der Waals surface area (Å²) in [7, 11) is 0. The summed E-state index contributed by atoms with van der Waals surface area (Å²) < 4.78 is 45.5. The average molecular weight is 427 g/mol. The van der Waals surface area contributed by atoms with Gasteiger partial charge in [-0.2, -0.15) is 18.4 Å². The summed E-state index contributed by atoms with van der Waals surface area (Å²) >= 11 is 5.86. The fraction of sp³-hybridized carbons (Fsp3) is 0.211. The molecule has 0 aliphatic carbocycles. The molecule has 1 amide bonds. The molecule has 0 unspecified atom stereocenters. The number of carbonyl (C=O) groups is 2. The van der Waals surface area contributed by atoms with Crippen molar-refractivity contribution in [3.8, 4) is 6.07 Å². The largest absolute Gasteiger partial charge is 0.452 e. The Morgan fingerprint density at radius 2 is 1.83 bits per heavy atom. The first-order valence-electron chi connectivity index (χ1n) is 8.08. The smallest absolute Gasteiger partial charge is 0.411 e. The van der Waals surface area contributed by atoms with Gasteiger partial charge in [0.25, 0.3) is 5.91 Å². The molecular weight excluding hydrogens is 413 g/mol. The van der Waals surface area contributed by atoms with Crippen molar-refractivity contribution in [3.05, 3.63) is 64.2 Å². The summed E-state index contributed by atoms with van der Waals surface area (Å²) in [6.45, 7) is -2.19. The molecule has 0 bridgehead atoms. The summed E-state index contributed by atoms with van der Waals surface area (Å²) in [5, 5.41) is 11.4. The van der Waals surface area contributed by atoms with Crippen LogP contribution in [0.3, 0.4) is 0 Å². The van der Waals surface area contributed by atoms with Crippen LogP contribution in [0.25, 0.3) is 0 Å². The number of carbonyl (C=O) groups excluding carboxylic acids is 2. The predicted molar refractivity (Wildman–Crippen MR) is 97.2 cm³/mol. The maximum absolute atomic E-state index is 12.0. The molecule has 0 saturated carbocycles. The third-order valence-corrected chi connectivity index (χ3v) is 3.74. The number of rotatable bonds is 7. The van der Waals surface area contributed by atoms with Crippen molar-refractivity contribution >= 4 is 29.2 Å². The van der Waals surface area contributed by atoms with Crippen LogP contribution < -0.4 is 5.32 Å². The van der Waals surface area contributed by atoms with Gasteiger partial charge in [-0.15, -0.1) is 0 Å². The van der Waals surface area contributed by atoms with E-state index in [4.69, 9.17) is 21.6 Å². The zero-order chi connectivity index (χ0) is 21.4. The van der Waals surface area contributed by atoms with Crippen LogP contribution in [0, 0.1) is 11.3 Å². The molecule has 0 saturated heterocycles. The standard InChI is InChI=1S/C19H14ClF3N2O4/c20-16-7-15(6-5-14(16)8-24)25-17(26)10-29-18(27)13-3-1-12(2-4-13)9-28-11-19(21,22)23/h1-7H,9-11H2,(H,25,26). The number of amides is 1. The van der Waals surface area contributed by atoms with Gasteiger partial charge in [-0.3, -0.25) is 4.79 Å². The number of ether oxygens (including phenoxy) is 2. The van der Waals surface area contributed by atoms with Crippen molar-refractivity contribution in [2.24, 2.45) is 0 Å². The van der Waals surface area contributed by atoms with Crippen LogP contribution in [-0.2, 0) is 20.9 Å². The SMILES string of the molecule is N#Cc1ccc(NC(=O)COC(=O)c2ccc(COCC(F)(F)F)cc2)cc1Cl. The van der Waals surface area contributed by atoms with E-state index in [2.05, 4.69) is 10.1 Å². The van der Waals surface area contributed by atoms with Crippen LogP contribution >= 0.6 is 11.6 Å². The summed E-state index contributed by atoms with van der Waals surface area (Å²) in [4.78, 5) is 23.8. The zero-order valence-corrected chi connectivity index (χ0v) is 15.5. The second kappa shape index (κ2) is 9.91. The minimum absolute atomic E-state index is 0.124. The third kappa shape index (κ3) is 7.44. The number of hydrogen-bond donors (Lipinski definition) is 1. The van der Waals surface area contributed by atoms with Crippen molar-refractivity contribution in [1.29, 1.82) is 5.26 Å². The van der Waals surface area contributed by atoms with Crippen LogP contribution in [0.5, 0.6) is 0 Å². The number of anilines is 1. The molecule has 0 fully saturated rings. The normalized spacial score (nSPS) is 10.9. The van der Waals surface area contributed by atoms with Crippen LogP contribution in [0.15, 0.2) is 42.5 Å².